The van der Waals surface area contributed by atoms with Gasteiger partial charge < -0.3 is 10.4 Å². The molecule has 1 aromatic carbocycles. The zero-order chi connectivity index (χ0) is 16.0. The van der Waals surface area contributed by atoms with Crippen molar-refractivity contribution in [3.05, 3.63) is 34.9 Å². The van der Waals surface area contributed by atoms with Crippen LogP contribution in [0.25, 0.3) is 0 Å². The summed E-state index contributed by atoms with van der Waals surface area (Å²) >= 11 is 6.00. The lowest BCUT2D eigenvalue weighted by Gasteiger charge is -2.16. The van der Waals surface area contributed by atoms with E-state index in [1.54, 1.807) is 10.8 Å². The molecular formula is C15H18ClNO3S2. The first-order valence-electron chi connectivity index (χ1n) is 7.05. The fourth-order valence-electron chi connectivity index (χ4n) is 2.18. The predicted molar refractivity (Wildman–Crippen MR) is 92.5 cm³/mol. The minimum Gasteiger partial charge on any atom is -0.481 e. The van der Waals surface area contributed by atoms with Gasteiger partial charge in [0.15, 0.2) is 0 Å². The van der Waals surface area contributed by atoms with Crippen LogP contribution >= 0.6 is 33.2 Å². The highest BCUT2D eigenvalue weighted by molar-refractivity contribution is 8.76. The highest BCUT2D eigenvalue weighted by atomic mass is 35.5. The Balaban J connectivity index is 1.70. The highest BCUT2D eigenvalue weighted by Crippen LogP contribution is 2.48. The molecule has 0 aromatic heterocycles. The second-order valence-corrected chi connectivity index (χ2v) is 8.27. The third-order valence-corrected chi connectivity index (χ3v) is 6.16. The minimum absolute atomic E-state index is 0.0610. The Morgan fingerprint density at radius 3 is 2.64 bits per heavy atom. The summed E-state index contributed by atoms with van der Waals surface area (Å²) in [4.78, 5) is 22.7. The van der Waals surface area contributed by atoms with E-state index >= 15 is 0 Å². The summed E-state index contributed by atoms with van der Waals surface area (Å²) in [6, 6.07) is 7.50. The van der Waals surface area contributed by atoms with Gasteiger partial charge in [-0.2, -0.15) is 0 Å². The monoisotopic (exact) mass is 359 g/mol. The molecule has 0 saturated heterocycles. The highest BCUT2D eigenvalue weighted by Gasteiger charge is 2.51. The van der Waals surface area contributed by atoms with Gasteiger partial charge in [0, 0.05) is 23.1 Å². The Bertz CT molecular complexity index is 549. The Kier molecular flexibility index (Phi) is 6.47. The number of rotatable bonds is 9. The zero-order valence-electron chi connectivity index (χ0n) is 12.0. The van der Waals surface area contributed by atoms with Crippen LogP contribution in [0, 0.1) is 0 Å². The number of hydrogen-bond donors (Lipinski definition) is 2. The van der Waals surface area contributed by atoms with E-state index in [1.165, 1.54) is 10.8 Å². The van der Waals surface area contributed by atoms with Crippen molar-refractivity contribution in [1.29, 1.82) is 0 Å². The number of carbonyl (C=O) groups is 2. The third-order valence-electron chi connectivity index (χ3n) is 3.52. The molecule has 0 radical (unpaired) electrons. The fraction of sp³-hybridized carbons (Fsp3) is 0.467. The summed E-state index contributed by atoms with van der Waals surface area (Å²) in [6.45, 7) is 0.589. The lowest BCUT2D eigenvalue weighted by Crippen LogP contribution is -2.35. The Morgan fingerprint density at radius 2 is 2.00 bits per heavy atom. The maximum absolute atomic E-state index is 12.4. The van der Waals surface area contributed by atoms with Gasteiger partial charge in [-0.1, -0.05) is 45.3 Å². The molecule has 0 spiro atoms. The van der Waals surface area contributed by atoms with Gasteiger partial charge in [0.1, 0.15) is 0 Å². The van der Waals surface area contributed by atoms with Gasteiger partial charge in [0.05, 0.1) is 11.8 Å². The number of benzene rings is 1. The topological polar surface area (TPSA) is 66.4 Å². The van der Waals surface area contributed by atoms with Crippen molar-refractivity contribution in [3.8, 4) is 0 Å². The largest absolute Gasteiger partial charge is 0.481 e. The number of carboxylic acids is 1. The quantitative estimate of drug-likeness (QED) is 0.523. The first-order valence-corrected chi connectivity index (χ1v) is 9.92. The molecule has 1 saturated carbocycles. The predicted octanol–water partition coefficient (Wildman–Crippen LogP) is 3.34. The van der Waals surface area contributed by atoms with Crippen molar-refractivity contribution >= 4 is 45.1 Å². The van der Waals surface area contributed by atoms with E-state index in [0.29, 0.717) is 17.3 Å². The first kappa shape index (κ1) is 17.5. The molecule has 0 aliphatic heterocycles. The smallest absolute Gasteiger partial charge is 0.304 e. The molecule has 0 atom stereocenters. The van der Waals surface area contributed by atoms with Crippen molar-refractivity contribution in [3.63, 3.8) is 0 Å². The Labute approximate surface area is 142 Å². The number of carboxylic acid groups (broad SMARTS) is 1. The summed E-state index contributed by atoms with van der Waals surface area (Å²) in [5, 5.41) is 12.1. The molecule has 22 heavy (non-hydrogen) atoms. The minimum atomic E-state index is -0.779. The maximum atomic E-state index is 12.4. The first-order chi connectivity index (χ1) is 10.5. The van der Waals surface area contributed by atoms with E-state index in [0.717, 1.165) is 24.2 Å². The van der Waals surface area contributed by atoms with Crippen molar-refractivity contribution in [1.82, 2.24) is 5.32 Å². The van der Waals surface area contributed by atoms with Crippen LogP contribution < -0.4 is 5.32 Å². The van der Waals surface area contributed by atoms with Gasteiger partial charge in [0.25, 0.3) is 0 Å². The van der Waals surface area contributed by atoms with E-state index < -0.39 is 11.4 Å². The fourth-order valence-corrected chi connectivity index (χ4v) is 4.26. The van der Waals surface area contributed by atoms with E-state index in [2.05, 4.69) is 5.32 Å². The van der Waals surface area contributed by atoms with Gasteiger partial charge in [-0.15, -0.1) is 0 Å². The molecule has 0 heterocycles. The zero-order valence-corrected chi connectivity index (χ0v) is 14.4. The molecule has 120 valence electrons. The number of nitrogens with one attached hydrogen (secondary N) is 1. The number of carbonyl (C=O) groups excluding carboxylic acids is 1. The molecule has 4 nitrogen and oxygen atoms in total. The second kappa shape index (κ2) is 8.13. The second-order valence-electron chi connectivity index (χ2n) is 5.14. The SMILES string of the molecule is O=C(O)CCSSCCNC(=O)C1(c2cccc(Cl)c2)CC1. The third kappa shape index (κ3) is 4.83. The summed E-state index contributed by atoms with van der Waals surface area (Å²) in [6.07, 6.45) is 1.89. The summed E-state index contributed by atoms with van der Waals surface area (Å²) in [7, 11) is 3.11. The average Bonchev–Trinajstić information content (AvgIpc) is 3.27. The van der Waals surface area contributed by atoms with Crippen molar-refractivity contribution in [2.24, 2.45) is 0 Å². The van der Waals surface area contributed by atoms with Crippen LogP contribution in [0.15, 0.2) is 24.3 Å². The molecule has 2 rings (SSSR count). The molecule has 1 fully saturated rings. The number of aliphatic carboxylic acids is 1. The van der Waals surface area contributed by atoms with Crippen LogP contribution in [-0.2, 0) is 15.0 Å². The van der Waals surface area contributed by atoms with Crippen molar-refractivity contribution < 1.29 is 14.7 Å². The van der Waals surface area contributed by atoms with Gasteiger partial charge in [-0.3, -0.25) is 9.59 Å². The van der Waals surface area contributed by atoms with Crippen LogP contribution in [-0.4, -0.2) is 35.0 Å². The molecule has 1 amide bonds. The Hall–Kier alpha value is -0.850. The summed E-state index contributed by atoms with van der Waals surface area (Å²) in [5.74, 6) is 0.631. The Morgan fingerprint density at radius 1 is 1.27 bits per heavy atom. The maximum Gasteiger partial charge on any atom is 0.304 e. The summed E-state index contributed by atoms with van der Waals surface area (Å²) in [5.41, 5.74) is 0.590. The van der Waals surface area contributed by atoms with Crippen LogP contribution in [0.2, 0.25) is 5.02 Å². The molecule has 7 heteroatoms. The lowest BCUT2D eigenvalue weighted by molar-refractivity contribution is -0.136. The standard InChI is InChI=1S/C15H18ClNO3S2/c16-12-3-1-2-11(10-12)15(5-6-15)14(20)17-7-9-22-21-8-4-13(18)19/h1-3,10H,4-9H2,(H,17,20)(H,18,19). The van der Waals surface area contributed by atoms with E-state index in [1.807, 2.05) is 24.3 Å². The number of hydrogen-bond acceptors (Lipinski definition) is 4. The molecular weight excluding hydrogens is 342 g/mol. The van der Waals surface area contributed by atoms with Gasteiger partial charge in [-0.05, 0) is 30.5 Å². The van der Waals surface area contributed by atoms with E-state index in [4.69, 9.17) is 16.7 Å². The van der Waals surface area contributed by atoms with Crippen LogP contribution in [0.3, 0.4) is 0 Å². The van der Waals surface area contributed by atoms with Crippen molar-refractivity contribution in [2.75, 3.05) is 18.1 Å². The van der Waals surface area contributed by atoms with Crippen LogP contribution in [0.1, 0.15) is 24.8 Å². The van der Waals surface area contributed by atoms with Gasteiger partial charge in [-0.25, -0.2) is 0 Å². The van der Waals surface area contributed by atoms with Crippen molar-refractivity contribution in [2.45, 2.75) is 24.7 Å². The van der Waals surface area contributed by atoms with Gasteiger partial charge in [0.2, 0.25) is 5.91 Å². The average molecular weight is 360 g/mol. The van der Waals surface area contributed by atoms with Crippen LogP contribution in [0.5, 0.6) is 0 Å². The molecule has 1 aliphatic rings. The molecule has 1 aromatic rings. The van der Waals surface area contributed by atoms with Crippen LogP contribution in [0.4, 0.5) is 0 Å². The molecule has 1 aliphatic carbocycles. The molecule has 0 bridgehead atoms. The summed E-state index contributed by atoms with van der Waals surface area (Å²) < 4.78 is 0. The normalized spacial score (nSPS) is 15.3. The van der Waals surface area contributed by atoms with E-state index in [9.17, 15) is 9.59 Å². The number of halogens is 1. The van der Waals surface area contributed by atoms with Gasteiger partial charge >= 0.3 is 5.97 Å². The lowest BCUT2D eigenvalue weighted by atomic mass is 9.95. The molecule has 2 N–H and O–H groups in total. The van der Waals surface area contributed by atoms with E-state index in [-0.39, 0.29) is 12.3 Å². The molecule has 0 unspecified atom stereocenters. The number of amides is 1.